The molecule has 0 aliphatic rings. The van der Waals surface area contributed by atoms with Crippen molar-refractivity contribution in [2.24, 2.45) is 0 Å². The smallest absolute Gasteiger partial charge is 0.295 e. The molecule has 0 fully saturated rings. The molecule has 0 atom stereocenters. The van der Waals surface area contributed by atoms with E-state index < -0.39 is 11.8 Å². The third-order valence-corrected chi connectivity index (χ3v) is 2.43. The van der Waals surface area contributed by atoms with Crippen molar-refractivity contribution in [3.05, 3.63) is 18.3 Å². The molecule has 0 unspecified atom stereocenters. The standard InChI is InChI=1S/C13H19N3O6/c1-5-11(17)15(19-3)21-10-8-7-9-14-13(10)22-16(20-4)12(18)6-2/h7-9H,5-6H2,1-4H3. The summed E-state index contributed by atoms with van der Waals surface area (Å²) in [5.41, 5.74) is 0. The van der Waals surface area contributed by atoms with Crippen molar-refractivity contribution in [3.63, 3.8) is 0 Å². The fraction of sp³-hybridized carbons (Fsp3) is 0.462. The zero-order valence-electron chi connectivity index (χ0n) is 12.9. The molecule has 0 saturated heterocycles. The first kappa shape index (κ1) is 17.7. The molecule has 0 radical (unpaired) electrons. The van der Waals surface area contributed by atoms with Crippen LogP contribution in [0.2, 0.25) is 0 Å². The van der Waals surface area contributed by atoms with Crippen LogP contribution in [0.5, 0.6) is 11.6 Å². The van der Waals surface area contributed by atoms with Crippen LogP contribution in [0.1, 0.15) is 26.7 Å². The van der Waals surface area contributed by atoms with Gasteiger partial charge in [0.15, 0.2) is 0 Å². The predicted octanol–water partition coefficient (Wildman–Crippen LogP) is 1.27. The molecule has 2 amide bonds. The molecule has 9 nitrogen and oxygen atoms in total. The summed E-state index contributed by atoms with van der Waals surface area (Å²) in [5, 5.41) is 1.37. The highest BCUT2D eigenvalue weighted by molar-refractivity contribution is 5.74. The minimum Gasteiger partial charge on any atom is -0.345 e. The van der Waals surface area contributed by atoms with Gasteiger partial charge in [0, 0.05) is 19.0 Å². The van der Waals surface area contributed by atoms with Gasteiger partial charge in [0.25, 0.3) is 17.7 Å². The van der Waals surface area contributed by atoms with E-state index in [1.807, 2.05) is 0 Å². The number of hydrogen-bond acceptors (Lipinski definition) is 7. The van der Waals surface area contributed by atoms with Crippen LogP contribution in [-0.2, 0) is 19.3 Å². The Morgan fingerprint density at radius 2 is 1.59 bits per heavy atom. The highest BCUT2D eigenvalue weighted by atomic mass is 17.0. The van der Waals surface area contributed by atoms with E-state index in [0.717, 1.165) is 0 Å². The molecule has 22 heavy (non-hydrogen) atoms. The Bertz CT molecular complexity index is 465. The summed E-state index contributed by atoms with van der Waals surface area (Å²) < 4.78 is 0. The average Bonchev–Trinajstić information content (AvgIpc) is 2.57. The summed E-state index contributed by atoms with van der Waals surface area (Å²) in [6.45, 7) is 3.31. The van der Waals surface area contributed by atoms with Gasteiger partial charge < -0.3 is 9.68 Å². The summed E-state index contributed by atoms with van der Waals surface area (Å²) in [5.74, 6) is -0.785. The Balaban J connectivity index is 2.93. The van der Waals surface area contributed by atoms with E-state index in [-0.39, 0.29) is 24.5 Å². The van der Waals surface area contributed by atoms with E-state index in [1.54, 1.807) is 19.9 Å². The van der Waals surface area contributed by atoms with Gasteiger partial charge in [-0.2, -0.15) is 0 Å². The maximum absolute atomic E-state index is 11.6. The molecule has 1 rings (SSSR count). The molecule has 0 saturated carbocycles. The molecule has 9 heteroatoms. The van der Waals surface area contributed by atoms with E-state index >= 15 is 0 Å². The number of carbonyl (C=O) groups excluding carboxylic acids is 2. The number of carbonyl (C=O) groups is 2. The Hall–Kier alpha value is -2.39. The van der Waals surface area contributed by atoms with Crippen LogP contribution in [0.3, 0.4) is 0 Å². The molecule has 122 valence electrons. The summed E-state index contributed by atoms with van der Waals surface area (Å²) in [6.07, 6.45) is 1.80. The van der Waals surface area contributed by atoms with E-state index in [9.17, 15) is 9.59 Å². The van der Waals surface area contributed by atoms with Crippen LogP contribution in [0, 0.1) is 0 Å². The average molecular weight is 313 g/mol. The summed E-state index contributed by atoms with van der Waals surface area (Å²) >= 11 is 0. The second-order valence-corrected chi connectivity index (χ2v) is 3.86. The lowest BCUT2D eigenvalue weighted by molar-refractivity contribution is -0.293. The Labute approximate surface area is 128 Å². The van der Waals surface area contributed by atoms with Gasteiger partial charge in [0.1, 0.15) is 0 Å². The number of pyridine rings is 1. The molecule has 1 heterocycles. The number of aromatic nitrogens is 1. The number of nitrogens with zero attached hydrogens (tertiary/aromatic N) is 3. The first-order chi connectivity index (χ1) is 10.6. The lowest BCUT2D eigenvalue weighted by Crippen LogP contribution is -2.35. The van der Waals surface area contributed by atoms with Gasteiger partial charge in [-0.05, 0) is 22.6 Å². The lowest BCUT2D eigenvalue weighted by Gasteiger charge is -2.21. The van der Waals surface area contributed by atoms with Crippen LogP contribution < -0.4 is 9.68 Å². The number of hydrogen-bond donors (Lipinski definition) is 0. The molecule has 0 spiro atoms. The van der Waals surface area contributed by atoms with E-state index in [2.05, 4.69) is 4.98 Å². The highest BCUT2D eigenvalue weighted by Crippen LogP contribution is 2.25. The van der Waals surface area contributed by atoms with Crippen LogP contribution >= 0.6 is 0 Å². The van der Waals surface area contributed by atoms with Crippen LogP contribution in [0.15, 0.2) is 18.3 Å². The van der Waals surface area contributed by atoms with Gasteiger partial charge in [0.2, 0.25) is 5.75 Å². The number of hydroxylamine groups is 4. The largest absolute Gasteiger partial charge is 0.345 e. The summed E-state index contributed by atoms with van der Waals surface area (Å²) in [6, 6.07) is 3.08. The normalized spacial score (nSPS) is 10.0. The molecular weight excluding hydrogens is 294 g/mol. The summed E-state index contributed by atoms with van der Waals surface area (Å²) in [4.78, 5) is 47.3. The fourth-order valence-corrected chi connectivity index (χ4v) is 1.32. The Kier molecular flexibility index (Phi) is 7.06. The second-order valence-electron chi connectivity index (χ2n) is 3.86. The van der Waals surface area contributed by atoms with E-state index in [0.29, 0.717) is 10.5 Å². The monoisotopic (exact) mass is 313 g/mol. The van der Waals surface area contributed by atoms with Gasteiger partial charge in [-0.15, -0.1) is 0 Å². The van der Waals surface area contributed by atoms with Gasteiger partial charge in [0.05, 0.1) is 14.2 Å². The van der Waals surface area contributed by atoms with Crippen molar-refractivity contribution in [1.82, 2.24) is 15.4 Å². The molecule has 0 bridgehead atoms. The van der Waals surface area contributed by atoms with Crippen molar-refractivity contribution < 1.29 is 28.9 Å². The van der Waals surface area contributed by atoms with Crippen LogP contribution in [-0.4, -0.2) is 41.5 Å². The molecule has 0 N–H and O–H groups in total. The Morgan fingerprint density at radius 3 is 2.09 bits per heavy atom. The third kappa shape index (κ3) is 4.57. The first-order valence-corrected chi connectivity index (χ1v) is 6.62. The molecule has 0 aromatic carbocycles. The number of rotatable bonds is 8. The maximum atomic E-state index is 11.6. The molecule has 0 aliphatic carbocycles. The SMILES string of the molecule is CCC(=O)N(OC)Oc1cccnc1ON(OC)C(=O)CC. The zero-order valence-corrected chi connectivity index (χ0v) is 12.9. The van der Waals surface area contributed by atoms with Gasteiger partial charge in [-0.25, -0.2) is 14.7 Å². The van der Waals surface area contributed by atoms with Crippen molar-refractivity contribution in [2.45, 2.75) is 26.7 Å². The van der Waals surface area contributed by atoms with E-state index in [1.165, 1.54) is 26.5 Å². The minimum atomic E-state index is -0.410. The van der Waals surface area contributed by atoms with Gasteiger partial charge >= 0.3 is 0 Å². The van der Waals surface area contributed by atoms with Crippen molar-refractivity contribution in [1.29, 1.82) is 0 Å². The zero-order chi connectivity index (χ0) is 16.5. The molecule has 1 aromatic heterocycles. The maximum Gasteiger partial charge on any atom is 0.295 e. The quantitative estimate of drug-likeness (QED) is 0.667. The topological polar surface area (TPSA) is 90.4 Å². The third-order valence-electron chi connectivity index (χ3n) is 2.43. The fourth-order valence-electron chi connectivity index (χ4n) is 1.32. The lowest BCUT2D eigenvalue weighted by atomic mass is 10.4. The second kappa shape index (κ2) is 8.80. The Morgan fingerprint density at radius 1 is 1.05 bits per heavy atom. The van der Waals surface area contributed by atoms with Crippen molar-refractivity contribution in [3.8, 4) is 11.6 Å². The van der Waals surface area contributed by atoms with E-state index in [4.69, 9.17) is 19.4 Å². The van der Waals surface area contributed by atoms with Crippen LogP contribution in [0.4, 0.5) is 0 Å². The van der Waals surface area contributed by atoms with Crippen LogP contribution in [0.25, 0.3) is 0 Å². The minimum absolute atomic E-state index is 0.0582. The predicted molar refractivity (Wildman–Crippen MR) is 73.8 cm³/mol. The summed E-state index contributed by atoms with van der Waals surface area (Å²) in [7, 11) is 2.56. The molecule has 1 aromatic rings. The molecule has 0 aliphatic heterocycles. The number of amides is 2. The molecular formula is C13H19N3O6. The van der Waals surface area contributed by atoms with Crippen molar-refractivity contribution in [2.75, 3.05) is 14.2 Å². The van der Waals surface area contributed by atoms with Gasteiger partial charge in [-0.3, -0.25) is 9.59 Å². The van der Waals surface area contributed by atoms with Gasteiger partial charge in [-0.1, -0.05) is 13.8 Å². The van der Waals surface area contributed by atoms with Crippen molar-refractivity contribution >= 4 is 11.8 Å². The highest BCUT2D eigenvalue weighted by Gasteiger charge is 2.21. The first-order valence-electron chi connectivity index (χ1n) is 6.62.